The molecule has 0 atom stereocenters. The third-order valence-corrected chi connectivity index (χ3v) is 3.21. The van der Waals surface area contributed by atoms with Gasteiger partial charge in [0.1, 0.15) is 0 Å². The van der Waals surface area contributed by atoms with Gasteiger partial charge in [0.2, 0.25) is 11.9 Å². The second-order valence-electron chi connectivity index (χ2n) is 4.70. The van der Waals surface area contributed by atoms with E-state index in [1.807, 2.05) is 0 Å². The fraction of sp³-hybridized carbons (Fsp3) is 0.455. The van der Waals surface area contributed by atoms with Crippen LogP contribution >= 0.6 is 0 Å². The zero-order chi connectivity index (χ0) is 13.3. The number of nitrogens with two attached hydrogens (primary N) is 1. The van der Waals surface area contributed by atoms with E-state index in [2.05, 4.69) is 25.4 Å². The third-order valence-electron chi connectivity index (χ3n) is 3.21. The maximum absolute atomic E-state index is 10.0. The predicted octanol–water partition coefficient (Wildman–Crippen LogP) is -0.0336. The molecule has 1 aliphatic rings. The average Bonchev–Trinajstić information content (AvgIpc) is 2.87. The lowest BCUT2D eigenvalue weighted by molar-refractivity contribution is -0.0203. The molecule has 3 rings (SSSR count). The van der Waals surface area contributed by atoms with Crippen molar-refractivity contribution in [2.75, 3.05) is 17.6 Å². The third kappa shape index (κ3) is 2.48. The summed E-state index contributed by atoms with van der Waals surface area (Å²) in [6, 6.07) is 1.77. The number of hydrogen-bond acceptors (Lipinski definition) is 7. The summed E-state index contributed by atoms with van der Waals surface area (Å²) in [5, 5.41) is 17.0. The number of nitrogens with zero attached hydrogens (tertiary/aromatic N) is 5. The fourth-order valence-electron chi connectivity index (χ4n) is 1.95. The largest absolute Gasteiger partial charge is 0.388 e. The molecule has 4 N–H and O–H groups in total. The Morgan fingerprint density at radius 3 is 2.84 bits per heavy atom. The van der Waals surface area contributed by atoms with Crippen molar-refractivity contribution >= 4 is 11.9 Å². The van der Waals surface area contributed by atoms with Gasteiger partial charge in [-0.1, -0.05) is 0 Å². The van der Waals surface area contributed by atoms with Crippen LogP contribution in [0.1, 0.15) is 19.3 Å². The van der Waals surface area contributed by atoms with Gasteiger partial charge in [-0.2, -0.15) is 20.1 Å². The first-order chi connectivity index (χ1) is 9.15. The van der Waals surface area contributed by atoms with Crippen LogP contribution < -0.4 is 11.1 Å². The number of aliphatic hydroxyl groups is 1. The minimum absolute atomic E-state index is 0.114. The summed E-state index contributed by atoms with van der Waals surface area (Å²) in [5.74, 6) is 0.808. The molecule has 2 heterocycles. The van der Waals surface area contributed by atoms with Crippen molar-refractivity contribution in [1.29, 1.82) is 0 Å². The van der Waals surface area contributed by atoms with Gasteiger partial charge in [0, 0.05) is 18.9 Å². The van der Waals surface area contributed by atoms with Crippen LogP contribution in [-0.4, -0.2) is 42.0 Å². The topological polar surface area (TPSA) is 115 Å². The number of anilines is 2. The Morgan fingerprint density at radius 1 is 1.37 bits per heavy atom. The molecule has 1 aliphatic carbocycles. The molecule has 19 heavy (non-hydrogen) atoms. The highest BCUT2D eigenvalue weighted by molar-refractivity contribution is 5.35. The molecule has 0 unspecified atom stereocenters. The van der Waals surface area contributed by atoms with Crippen molar-refractivity contribution in [2.45, 2.75) is 24.9 Å². The van der Waals surface area contributed by atoms with Crippen LogP contribution in [0.25, 0.3) is 5.95 Å². The van der Waals surface area contributed by atoms with E-state index in [0.29, 0.717) is 18.4 Å². The maximum Gasteiger partial charge on any atom is 0.257 e. The first-order valence-electron chi connectivity index (χ1n) is 6.12. The van der Waals surface area contributed by atoms with E-state index in [-0.39, 0.29) is 5.95 Å². The zero-order valence-corrected chi connectivity index (χ0v) is 10.3. The van der Waals surface area contributed by atoms with Gasteiger partial charge in [-0.3, -0.25) is 0 Å². The minimum Gasteiger partial charge on any atom is -0.388 e. The van der Waals surface area contributed by atoms with Crippen LogP contribution in [0.4, 0.5) is 11.9 Å². The second-order valence-corrected chi connectivity index (χ2v) is 4.70. The van der Waals surface area contributed by atoms with Gasteiger partial charge in [0.05, 0.1) is 5.60 Å². The molecular formula is C11H15N7O. The van der Waals surface area contributed by atoms with Crippen molar-refractivity contribution in [3.05, 3.63) is 18.5 Å². The lowest BCUT2D eigenvalue weighted by atomic mass is 9.80. The number of aromatic nitrogens is 5. The normalized spacial score (nSPS) is 16.9. The summed E-state index contributed by atoms with van der Waals surface area (Å²) < 4.78 is 1.50. The average molecular weight is 261 g/mol. The number of hydrogen-bond donors (Lipinski definition) is 3. The molecule has 0 radical (unpaired) electrons. The van der Waals surface area contributed by atoms with Crippen LogP contribution in [0, 0.1) is 0 Å². The molecule has 8 nitrogen and oxygen atoms in total. The van der Waals surface area contributed by atoms with Gasteiger partial charge in [-0.05, 0) is 25.3 Å². The Labute approximate surface area is 109 Å². The van der Waals surface area contributed by atoms with Gasteiger partial charge in [0.25, 0.3) is 5.95 Å². The van der Waals surface area contributed by atoms with E-state index in [1.54, 1.807) is 18.5 Å². The van der Waals surface area contributed by atoms with Gasteiger partial charge < -0.3 is 16.2 Å². The highest BCUT2D eigenvalue weighted by Gasteiger charge is 2.34. The van der Waals surface area contributed by atoms with E-state index in [1.165, 1.54) is 4.68 Å². The molecule has 0 spiro atoms. The Kier molecular flexibility index (Phi) is 2.79. The van der Waals surface area contributed by atoms with E-state index >= 15 is 0 Å². The summed E-state index contributed by atoms with van der Waals surface area (Å²) in [4.78, 5) is 12.2. The smallest absolute Gasteiger partial charge is 0.257 e. The van der Waals surface area contributed by atoms with Crippen LogP contribution in [0.5, 0.6) is 0 Å². The van der Waals surface area contributed by atoms with Crippen molar-refractivity contribution < 1.29 is 5.11 Å². The lowest BCUT2D eigenvalue weighted by Gasteiger charge is -2.36. The Morgan fingerprint density at radius 2 is 2.21 bits per heavy atom. The standard InChI is InChI=1S/C11H15N7O/c12-8-15-9(13-7-11(19)3-1-4-11)17-10(16-8)18-6-2-5-14-18/h2,5-6,19H,1,3-4,7H2,(H3,12,13,15,16,17). The summed E-state index contributed by atoms with van der Waals surface area (Å²) in [5.41, 5.74) is 5.00. The summed E-state index contributed by atoms with van der Waals surface area (Å²) in [6.07, 6.45) is 6.00. The highest BCUT2D eigenvalue weighted by atomic mass is 16.3. The fourth-order valence-corrected chi connectivity index (χ4v) is 1.95. The van der Waals surface area contributed by atoms with Gasteiger partial charge in [-0.25, -0.2) is 4.68 Å². The van der Waals surface area contributed by atoms with Crippen LogP contribution in [0.15, 0.2) is 18.5 Å². The van der Waals surface area contributed by atoms with Crippen LogP contribution in [0.3, 0.4) is 0 Å². The molecule has 2 aromatic rings. The quantitative estimate of drug-likeness (QED) is 0.707. The van der Waals surface area contributed by atoms with Crippen LogP contribution in [0.2, 0.25) is 0 Å². The molecule has 2 aromatic heterocycles. The SMILES string of the molecule is Nc1nc(NCC2(O)CCC2)nc(-n2cccn2)n1. The molecule has 0 aromatic carbocycles. The van der Waals surface area contributed by atoms with E-state index in [9.17, 15) is 5.11 Å². The van der Waals surface area contributed by atoms with E-state index in [0.717, 1.165) is 19.3 Å². The van der Waals surface area contributed by atoms with E-state index < -0.39 is 5.60 Å². The molecule has 1 fully saturated rings. The van der Waals surface area contributed by atoms with Crippen molar-refractivity contribution in [2.24, 2.45) is 0 Å². The highest BCUT2D eigenvalue weighted by Crippen LogP contribution is 2.31. The van der Waals surface area contributed by atoms with E-state index in [4.69, 9.17) is 5.73 Å². The lowest BCUT2D eigenvalue weighted by Crippen LogP contribution is -2.43. The molecule has 0 saturated heterocycles. The van der Waals surface area contributed by atoms with Crippen LogP contribution in [-0.2, 0) is 0 Å². The zero-order valence-electron chi connectivity index (χ0n) is 10.3. The first kappa shape index (κ1) is 11.8. The molecular weight excluding hydrogens is 246 g/mol. The molecule has 1 saturated carbocycles. The first-order valence-corrected chi connectivity index (χ1v) is 6.12. The van der Waals surface area contributed by atoms with Crippen molar-refractivity contribution in [1.82, 2.24) is 24.7 Å². The molecule has 0 bridgehead atoms. The van der Waals surface area contributed by atoms with Gasteiger partial charge in [-0.15, -0.1) is 0 Å². The monoisotopic (exact) mass is 261 g/mol. The Bertz CT molecular complexity index is 564. The summed E-state index contributed by atoms with van der Waals surface area (Å²) in [6.45, 7) is 0.412. The molecule has 0 aliphatic heterocycles. The summed E-state index contributed by atoms with van der Waals surface area (Å²) >= 11 is 0. The van der Waals surface area contributed by atoms with Crippen molar-refractivity contribution in [3.63, 3.8) is 0 Å². The number of nitrogen functional groups attached to an aromatic ring is 1. The van der Waals surface area contributed by atoms with Gasteiger partial charge in [0.15, 0.2) is 0 Å². The minimum atomic E-state index is -0.646. The van der Waals surface area contributed by atoms with Gasteiger partial charge >= 0.3 is 0 Å². The molecule has 8 heteroatoms. The predicted molar refractivity (Wildman–Crippen MR) is 68.7 cm³/mol. The number of nitrogens with one attached hydrogen (secondary N) is 1. The Balaban J connectivity index is 1.78. The molecule has 100 valence electrons. The van der Waals surface area contributed by atoms with Crippen molar-refractivity contribution in [3.8, 4) is 5.95 Å². The molecule has 0 amide bonds. The second kappa shape index (κ2) is 4.47. The summed E-state index contributed by atoms with van der Waals surface area (Å²) in [7, 11) is 0. The Hall–Kier alpha value is -2.22. The maximum atomic E-state index is 10.0. The number of rotatable bonds is 4.